The minimum absolute atomic E-state index is 0.0854. The van der Waals surface area contributed by atoms with Crippen LogP contribution >= 0.6 is 11.8 Å². The van der Waals surface area contributed by atoms with Gasteiger partial charge in [-0.25, -0.2) is 4.68 Å². The van der Waals surface area contributed by atoms with Gasteiger partial charge >= 0.3 is 5.97 Å². The Morgan fingerprint density at radius 1 is 1.42 bits per heavy atom. The number of thioether (sulfide) groups is 1. The van der Waals surface area contributed by atoms with Crippen molar-refractivity contribution in [2.75, 3.05) is 11.6 Å². The lowest BCUT2D eigenvalue weighted by Crippen LogP contribution is -2.15. The van der Waals surface area contributed by atoms with Gasteiger partial charge in [0.05, 0.1) is 5.75 Å². The maximum Gasteiger partial charge on any atom is 0.313 e. The summed E-state index contributed by atoms with van der Waals surface area (Å²) in [4.78, 5) is 14.5. The molecule has 0 saturated heterocycles. The Kier molecular flexibility index (Phi) is 4.35. The highest BCUT2D eigenvalue weighted by Crippen LogP contribution is 2.14. The molecule has 0 amide bonds. The second-order valence-electron chi connectivity index (χ2n) is 3.81. The first-order valence-corrected chi connectivity index (χ1v) is 6.58. The first-order chi connectivity index (χ1) is 9.16. The summed E-state index contributed by atoms with van der Waals surface area (Å²) >= 11 is 1.05. The smallest absolute Gasteiger partial charge is 0.313 e. The molecule has 0 fully saturated rings. The quantitative estimate of drug-likeness (QED) is 0.580. The van der Waals surface area contributed by atoms with Crippen LogP contribution in [0.4, 0.5) is 0 Å². The van der Waals surface area contributed by atoms with Crippen LogP contribution in [-0.4, -0.2) is 36.7 Å². The number of nitrogen functional groups attached to an aromatic ring is 1. The van der Waals surface area contributed by atoms with Gasteiger partial charge in [-0.1, -0.05) is 17.8 Å². The average Bonchev–Trinajstić information content (AvgIpc) is 2.76. The zero-order chi connectivity index (χ0) is 13.7. The van der Waals surface area contributed by atoms with Gasteiger partial charge in [-0.2, -0.15) is 0 Å². The van der Waals surface area contributed by atoms with Gasteiger partial charge in [0.1, 0.15) is 0 Å². The number of rotatable bonds is 6. The van der Waals surface area contributed by atoms with Crippen LogP contribution in [0.2, 0.25) is 0 Å². The van der Waals surface area contributed by atoms with E-state index in [0.717, 1.165) is 23.7 Å². The van der Waals surface area contributed by atoms with E-state index in [2.05, 4.69) is 15.2 Å². The zero-order valence-corrected chi connectivity index (χ0v) is 10.9. The van der Waals surface area contributed by atoms with E-state index in [0.29, 0.717) is 17.4 Å². The fraction of sp³-hybridized carbons (Fsp3) is 0.273. The van der Waals surface area contributed by atoms with Crippen molar-refractivity contribution in [2.24, 2.45) is 0 Å². The number of carboxylic acid groups (broad SMARTS) is 1. The molecule has 0 bridgehead atoms. The summed E-state index contributed by atoms with van der Waals surface area (Å²) in [5.41, 5.74) is 1.09. The molecule has 0 atom stereocenters. The molecule has 0 aliphatic rings. The van der Waals surface area contributed by atoms with Crippen LogP contribution in [0.5, 0.6) is 0 Å². The van der Waals surface area contributed by atoms with E-state index in [1.165, 1.54) is 4.68 Å². The molecule has 2 aromatic rings. The maximum atomic E-state index is 10.5. The lowest BCUT2D eigenvalue weighted by atomic mass is 10.1. The molecule has 7 nitrogen and oxygen atoms in total. The molecule has 0 radical (unpaired) electrons. The highest BCUT2D eigenvalue weighted by molar-refractivity contribution is 7.99. The standard InChI is InChI=1S/C11H13N5O2S/c12-16-9(4-3-8-2-1-5-13-6-8)14-15-11(16)19-7-10(17)18/h1-2,5-6H,3-4,7,12H2,(H,17,18). The maximum absolute atomic E-state index is 10.5. The van der Waals surface area contributed by atoms with Crippen LogP contribution in [0.3, 0.4) is 0 Å². The molecular weight excluding hydrogens is 266 g/mol. The number of hydrogen-bond acceptors (Lipinski definition) is 6. The number of aryl methyl sites for hydroxylation is 2. The normalized spacial score (nSPS) is 10.5. The van der Waals surface area contributed by atoms with Crippen molar-refractivity contribution in [1.82, 2.24) is 19.9 Å². The van der Waals surface area contributed by atoms with E-state index in [1.54, 1.807) is 12.4 Å². The summed E-state index contributed by atoms with van der Waals surface area (Å²) in [5.74, 6) is 5.44. The number of nitrogens with zero attached hydrogens (tertiary/aromatic N) is 4. The topological polar surface area (TPSA) is 107 Å². The highest BCUT2D eigenvalue weighted by atomic mass is 32.2. The first kappa shape index (κ1) is 13.3. The summed E-state index contributed by atoms with van der Waals surface area (Å²) in [7, 11) is 0. The number of nitrogens with two attached hydrogens (primary N) is 1. The molecule has 2 aromatic heterocycles. The van der Waals surface area contributed by atoms with Gasteiger partial charge in [0.25, 0.3) is 0 Å². The molecular formula is C11H13N5O2S. The molecule has 8 heteroatoms. The lowest BCUT2D eigenvalue weighted by Gasteiger charge is -2.02. The van der Waals surface area contributed by atoms with E-state index in [1.807, 2.05) is 12.1 Å². The van der Waals surface area contributed by atoms with Crippen molar-refractivity contribution < 1.29 is 9.90 Å². The number of aromatic nitrogens is 4. The summed E-state index contributed by atoms with van der Waals surface area (Å²) in [5, 5.41) is 16.8. The van der Waals surface area contributed by atoms with Crippen LogP contribution in [0.1, 0.15) is 11.4 Å². The molecule has 19 heavy (non-hydrogen) atoms. The average molecular weight is 279 g/mol. The van der Waals surface area contributed by atoms with Gasteiger partial charge < -0.3 is 10.9 Å². The Morgan fingerprint density at radius 2 is 2.26 bits per heavy atom. The summed E-state index contributed by atoms with van der Waals surface area (Å²) < 4.78 is 1.34. The molecule has 2 rings (SSSR count). The molecule has 0 aromatic carbocycles. The summed E-state index contributed by atoms with van der Waals surface area (Å²) in [6, 6.07) is 3.85. The van der Waals surface area contributed by atoms with Crippen molar-refractivity contribution in [1.29, 1.82) is 0 Å². The Labute approximate surface area is 113 Å². The zero-order valence-electron chi connectivity index (χ0n) is 10.1. The van der Waals surface area contributed by atoms with E-state index < -0.39 is 5.97 Å². The number of hydrogen-bond donors (Lipinski definition) is 2. The van der Waals surface area contributed by atoms with Gasteiger partial charge in [-0.15, -0.1) is 10.2 Å². The fourth-order valence-electron chi connectivity index (χ4n) is 1.50. The Morgan fingerprint density at radius 3 is 2.95 bits per heavy atom. The number of aliphatic carboxylic acids is 1. The minimum atomic E-state index is -0.912. The summed E-state index contributed by atoms with van der Waals surface area (Å²) in [6.45, 7) is 0. The predicted molar refractivity (Wildman–Crippen MR) is 70.2 cm³/mol. The van der Waals surface area contributed by atoms with Gasteiger partial charge in [0.15, 0.2) is 5.82 Å². The number of pyridine rings is 1. The Bertz CT molecular complexity index is 557. The third-order valence-electron chi connectivity index (χ3n) is 2.42. The number of carboxylic acids is 1. The van der Waals surface area contributed by atoms with Crippen molar-refractivity contribution in [3.63, 3.8) is 0 Å². The predicted octanol–water partition coefficient (Wildman–Crippen LogP) is 0.349. The highest BCUT2D eigenvalue weighted by Gasteiger charge is 2.11. The second kappa shape index (κ2) is 6.19. The van der Waals surface area contributed by atoms with Crippen LogP contribution < -0.4 is 5.84 Å². The first-order valence-electron chi connectivity index (χ1n) is 5.59. The Balaban J connectivity index is 1.96. The van der Waals surface area contributed by atoms with E-state index in [4.69, 9.17) is 10.9 Å². The molecule has 2 heterocycles. The van der Waals surface area contributed by atoms with E-state index in [-0.39, 0.29) is 5.75 Å². The monoisotopic (exact) mass is 279 g/mol. The minimum Gasteiger partial charge on any atom is -0.481 e. The number of carbonyl (C=O) groups is 1. The van der Waals surface area contributed by atoms with Crippen molar-refractivity contribution in [2.45, 2.75) is 18.0 Å². The SMILES string of the molecule is Nn1c(CCc2cccnc2)nnc1SCC(=O)O. The van der Waals surface area contributed by atoms with Crippen molar-refractivity contribution in [3.8, 4) is 0 Å². The molecule has 0 saturated carbocycles. The van der Waals surface area contributed by atoms with Gasteiger partial charge in [-0.3, -0.25) is 9.78 Å². The van der Waals surface area contributed by atoms with Gasteiger partial charge in [-0.05, 0) is 18.1 Å². The van der Waals surface area contributed by atoms with Gasteiger partial charge in [0.2, 0.25) is 5.16 Å². The van der Waals surface area contributed by atoms with Crippen LogP contribution in [-0.2, 0) is 17.6 Å². The summed E-state index contributed by atoms with van der Waals surface area (Å²) in [6.07, 6.45) is 4.89. The van der Waals surface area contributed by atoms with Gasteiger partial charge in [0, 0.05) is 18.8 Å². The Hall–Kier alpha value is -2.09. The third-order valence-corrected chi connectivity index (χ3v) is 3.35. The van der Waals surface area contributed by atoms with Crippen molar-refractivity contribution >= 4 is 17.7 Å². The molecule has 0 aliphatic carbocycles. The molecule has 3 N–H and O–H groups in total. The fourth-order valence-corrected chi connectivity index (χ4v) is 2.10. The van der Waals surface area contributed by atoms with Crippen LogP contribution in [0.15, 0.2) is 29.7 Å². The van der Waals surface area contributed by atoms with E-state index >= 15 is 0 Å². The molecule has 0 unspecified atom stereocenters. The molecule has 100 valence electrons. The molecule has 0 spiro atoms. The lowest BCUT2D eigenvalue weighted by molar-refractivity contribution is -0.133. The van der Waals surface area contributed by atoms with Crippen LogP contribution in [0.25, 0.3) is 0 Å². The third kappa shape index (κ3) is 3.68. The van der Waals surface area contributed by atoms with E-state index in [9.17, 15) is 4.79 Å². The molecule has 0 aliphatic heterocycles. The largest absolute Gasteiger partial charge is 0.481 e. The van der Waals surface area contributed by atoms with Crippen LogP contribution in [0, 0.1) is 0 Å². The van der Waals surface area contributed by atoms with Crippen molar-refractivity contribution in [3.05, 3.63) is 35.9 Å². The second-order valence-corrected chi connectivity index (χ2v) is 4.75.